The van der Waals surface area contributed by atoms with Crippen LogP contribution in [0, 0.1) is 13.8 Å². The second-order valence-corrected chi connectivity index (χ2v) is 9.69. The molecule has 2 aliphatic heterocycles. The molecule has 0 spiro atoms. The van der Waals surface area contributed by atoms with Crippen molar-refractivity contribution in [2.24, 2.45) is 0 Å². The molecular formula is C27H33N5O2S. The van der Waals surface area contributed by atoms with Gasteiger partial charge in [-0.2, -0.15) is 0 Å². The van der Waals surface area contributed by atoms with E-state index in [9.17, 15) is 5.11 Å². The highest BCUT2D eigenvalue weighted by Gasteiger charge is 2.42. The number of aromatic hydroxyl groups is 1. The molecule has 7 nitrogen and oxygen atoms in total. The summed E-state index contributed by atoms with van der Waals surface area (Å²) in [6.07, 6.45) is 2.93. The molecule has 0 unspecified atom stereocenters. The molecule has 4 heterocycles. The summed E-state index contributed by atoms with van der Waals surface area (Å²) in [6.45, 7) is 10.2. The Morgan fingerprint density at radius 3 is 2.57 bits per heavy atom. The van der Waals surface area contributed by atoms with Crippen molar-refractivity contribution < 1.29 is 9.84 Å². The number of morpholine rings is 1. The normalized spacial score (nSPS) is 20.9. The van der Waals surface area contributed by atoms with E-state index in [-0.39, 0.29) is 17.8 Å². The van der Waals surface area contributed by atoms with Crippen LogP contribution >= 0.6 is 12.2 Å². The van der Waals surface area contributed by atoms with Crippen molar-refractivity contribution in [2.75, 3.05) is 37.7 Å². The van der Waals surface area contributed by atoms with Crippen molar-refractivity contribution in [1.82, 2.24) is 19.8 Å². The first kappa shape index (κ1) is 23.8. The third kappa shape index (κ3) is 4.91. The fourth-order valence-corrected chi connectivity index (χ4v) is 5.66. The number of hydrogen-bond acceptors (Lipinski definition) is 5. The van der Waals surface area contributed by atoms with Crippen LogP contribution in [0.2, 0.25) is 0 Å². The Kier molecular flexibility index (Phi) is 7.04. The summed E-state index contributed by atoms with van der Waals surface area (Å²) in [7, 11) is 0. The number of pyridine rings is 1. The van der Waals surface area contributed by atoms with Crippen LogP contribution in [-0.2, 0) is 11.3 Å². The molecule has 2 atom stereocenters. The van der Waals surface area contributed by atoms with Crippen molar-refractivity contribution in [3.63, 3.8) is 0 Å². The molecule has 2 N–H and O–H groups in total. The second kappa shape index (κ2) is 10.4. The van der Waals surface area contributed by atoms with Crippen LogP contribution in [0.3, 0.4) is 0 Å². The van der Waals surface area contributed by atoms with Crippen LogP contribution in [-0.4, -0.2) is 57.5 Å². The number of anilines is 1. The number of rotatable bonds is 7. The summed E-state index contributed by atoms with van der Waals surface area (Å²) in [6, 6.07) is 15.4. The Bertz CT molecular complexity index is 1160. The third-order valence-corrected chi connectivity index (χ3v) is 7.43. The maximum absolute atomic E-state index is 9.85. The van der Waals surface area contributed by atoms with E-state index in [0.29, 0.717) is 5.11 Å². The number of nitrogens with zero attached hydrogens (tertiary/aromatic N) is 4. The van der Waals surface area contributed by atoms with Gasteiger partial charge in [0, 0.05) is 49.5 Å². The van der Waals surface area contributed by atoms with Gasteiger partial charge in [-0.25, -0.2) is 0 Å². The van der Waals surface area contributed by atoms with Crippen LogP contribution < -0.4 is 10.2 Å². The summed E-state index contributed by atoms with van der Waals surface area (Å²) in [5.74, 6) is 0.239. The van der Waals surface area contributed by atoms with Crippen molar-refractivity contribution in [3.05, 3.63) is 77.4 Å². The van der Waals surface area contributed by atoms with Gasteiger partial charge in [-0.3, -0.25) is 9.88 Å². The molecule has 35 heavy (non-hydrogen) atoms. The zero-order valence-corrected chi connectivity index (χ0v) is 21.2. The van der Waals surface area contributed by atoms with E-state index in [2.05, 4.69) is 50.6 Å². The van der Waals surface area contributed by atoms with E-state index in [0.717, 1.165) is 57.2 Å². The van der Waals surface area contributed by atoms with Crippen molar-refractivity contribution in [3.8, 4) is 5.75 Å². The molecule has 2 fully saturated rings. The minimum Gasteiger partial charge on any atom is -0.508 e. The van der Waals surface area contributed by atoms with E-state index in [1.54, 1.807) is 12.1 Å². The number of thiocarbonyl (C=S) groups is 1. The molecule has 3 aromatic rings. The molecule has 0 aliphatic carbocycles. The smallest absolute Gasteiger partial charge is 0.174 e. The first-order valence-electron chi connectivity index (χ1n) is 12.3. The Balaban J connectivity index is 1.46. The van der Waals surface area contributed by atoms with Crippen LogP contribution in [0.25, 0.3) is 0 Å². The van der Waals surface area contributed by atoms with Crippen molar-refractivity contribution >= 4 is 23.0 Å². The Labute approximate surface area is 212 Å². The summed E-state index contributed by atoms with van der Waals surface area (Å²) >= 11 is 5.84. The Morgan fingerprint density at radius 2 is 1.86 bits per heavy atom. The summed E-state index contributed by atoms with van der Waals surface area (Å²) in [4.78, 5) is 9.31. The molecule has 8 heteroatoms. The van der Waals surface area contributed by atoms with Gasteiger partial charge < -0.3 is 24.6 Å². The molecule has 0 bridgehead atoms. The van der Waals surface area contributed by atoms with Crippen LogP contribution in [0.5, 0.6) is 5.75 Å². The number of benzene rings is 1. The van der Waals surface area contributed by atoms with E-state index in [1.165, 1.54) is 17.0 Å². The van der Waals surface area contributed by atoms with Gasteiger partial charge in [0.25, 0.3) is 0 Å². The minimum atomic E-state index is -0.0835. The van der Waals surface area contributed by atoms with Gasteiger partial charge in [-0.05, 0) is 80.5 Å². The molecule has 0 radical (unpaired) electrons. The van der Waals surface area contributed by atoms with Gasteiger partial charge >= 0.3 is 0 Å². The topological polar surface area (TPSA) is 65.8 Å². The lowest BCUT2D eigenvalue weighted by atomic mass is 9.96. The lowest BCUT2D eigenvalue weighted by Crippen LogP contribution is -2.37. The monoisotopic (exact) mass is 491 g/mol. The van der Waals surface area contributed by atoms with Gasteiger partial charge in [0.15, 0.2) is 5.11 Å². The molecule has 2 saturated heterocycles. The van der Waals surface area contributed by atoms with E-state index >= 15 is 0 Å². The first-order chi connectivity index (χ1) is 17.0. The predicted molar refractivity (Wildman–Crippen MR) is 142 cm³/mol. The number of phenolic OH excluding ortho intramolecular Hbond substituents is 1. The van der Waals surface area contributed by atoms with Gasteiger partial charge in [0.05, 0.1) is 31.0 Å². The number of nitrogens with one attached hydrogen (secondary N) is 1. The van der Waals surface area contributed by atoms with E-state index in [1.807, 2.05) is 30.5 Å². The van der Waals surface area contributed by atoms with Gasteiger partial charge in [0.1, 0.15) is 5.75 Å². The highest BCUT2D eigenvalue weighted by molar-refractivity contribution is 7.80. The van der Waals surface area contributed by atoms with Crippen molar-refractivity contribution in [2.45, 2.75) is 38.9 Å². The standard InChI is InChI=1S/C27H33N5O2S/c1-19-18-23(20(2)31(19)13-5-12-30-14-16-34-17-15-30)26-25(24-6-3-4-11-28-24)29-27(35)32(26)21-7-9-22(33)10-8-21/h3-4,6-11,18,25-26,33H,5,12-17H2,1-2H3,(H,29,35)/t25-,26+/m1/s1. The quantitative estimate of drug-likeness (QED) is 0.482. The molecule has 184 valence electrons. The molecule has 2 aliphatic rings. The maximum Gasteiger partial charge on any atom is 0.174 e. The SMILES string of the molecule is Cc1cc([C@H]2[C@@H](c3ccccn3)NC(=S)N2c2ccc(O)cc2)c(C)n1CCCN1CCOCC1. The first-order valence-corrected chi connectivity index (χ1v) is 12.7. The van der Waals surface area contributed by atoms with Crippen LogP contribution in [0.4, 0.5) is 5.69 Å². The van der Waals surface area contributed by atoms with Crippen LogP contribution in [0.1, 0.15) is 41.1 Å². The van der Waals surface area contributed by atoms with Crippen molar-refractivity contribution in [1.29, 1.82) is 0 Å². The van der Waals surface area contributed by atoms with E-state index in [4.69, 9.17) is 17.0 Å². The summed E-state index contributed by atoms with van der Waals surface area (Å²) in [5, 5.41) is 14.0. The summed E-state index contributed by atoms with van der Waals surface area (Å²) < 4.78 is 7.92. The van der Waals surface area contributed by atoms with E-state index < -0.39 is 0 Å². The molecule has 5 rings (SSSR count). The van der Waals surface area contributed by atoms with Gasteiger partial charge in [0.2, 0.25) is 0 Å². The number of phenols is 1. The number of hydrogen-bond donors (Lipinski definition) is 2. The second-order valence-electron chi connectivity index (χ2n) is 9.30. The largest absolute Gasteiger partial charge is 0.508 e. The third-order valence-electron chi connectivity index (χ3n) is 7.12. The molecule has 1 aromatic carbocycles. The molecule has 0 saturated carbocycles. The van der Waals surface area contributed by atoms with Gasteiger partial charge in [-0.15, -0.1) is 0 Å². The Morgan fingerprint density at radius 1 is 1.09 bits per heavy atom. The lowest BCUT2D eigenvalue weighted by molar-refractivity contribution is 0.0369. The zero-order valence-electron chi connectivity index (χ0n) is 20.4. The summed E-state index contributed by atoms with van der Waals surface area (Å²) in [5.41, 5.74) is 5.65. The average Bonchev–Trinajstić information content (AvgIpc) is 3.36. The lowest BCUT2D eigenvalue weighted by Gasteiger charge is -2.28. The Hall–Kier alpha value is -2.94. The average molecular weight is 492 g/mol. The number of ether oxygens (including phenoxy) is 1. The number of aryl methyl sites for hydroxylation is 1. The molecule has 0 amide bonds. The predicted octanol–water partition coefficient (Wildman–Crippen LogP) is 4.10. The highest BCUT2D eigenvalue weighted by Crippen LogP contribution is 2.43. The fourth-order valence-electron chi connectivity index (χ4n) is 5.31. The molecular weight excluding hydrogens is 458 g/mol. The maximum atomic E-state index is 9.85. The molecule has 2 aromatic heterocycles. The minimum absolute atomic E-state index is 0.0545. The van der Waals surface area contributed by atoms with Gasteiger partial charge in [-0.1, -0.05) is 6.07 Å². The highest BCUT2D eigenvalue weighted by atomic mass is 32.1. The zero-order chi connectivity index (χ0) is 24.4. The fraction of sp³-hybridized carbons (Fsp3) is 0.407. The number of aromatic nitrogens is 2. The van der Waals surface area contributed by atoms with Crippen LogP contribution in [0.15, 0.2) is 54.7 Å².